The zero-order valence-electron chi connectivity index (χ0n) is 12.7. The molecular formula is C14H32N2OS. The number of hydrogen-bond donors (Lipinski definition) is 1. The molecule has 0 bridgehead atoms. The Morgan fingerprint density at radius 3 is 2.72 bits per heavy atom. The molecule has 0 aliphatic carbocycles. The molecule has 110 valence electrons. The van der Waals surface area contributed by atoms with Crippen LogP contribution in [0.5, 0.6) is 0 Å². The van der Waals surface area contributed by atoms with Gasteiger partial charge in [0.15, 0.2) is 0 Å². The third kappa shape index (κ3) is 11.3. The van der Waals surface area contributed by atoms with Gasteiger partial charge in [0.2, 0.25) is 0 Å². The fourth-order valence-electron chi connectivity index (χ4n) is 1.71. The van der Waals surface area contributed by atoms with Crippen molar-refractivity contribution in [1.29, 1.82) is 0 Å². The summed E-state index contributed by atoms with van der Waals surface area (Å²) in [7, 11) is 2.22. The summed E-state index contributed by atoms with van der Waals surface area (Å²) in [5, 5.41) is 3.50. The second kappa shape index (κ2) is 13.7. The van der Waals surface area contributed by atoms with E-state index in [1.54, 1.807) is 0 Å². The summed E-state index contributed by atoms with van der Waals surface area (Å²) < 4.78 is 5.31. The highest BCUT2D eigenvalue weighted by molar-refractivity contribution is 7.98. The molecule has 0 aromatic carbocycles. The third-order valence-corrected chi connectivity index (χ3v) is 3.87. The molecule has 4 heteroatoms. The van der Waals surface area contributed by atoms with Gasteiger partial charge in [0.1, 0.15) is 0 Å². The summed E-state index contributed by atoms with van der Waals surface area (Å²) >= 11 is 1.93. The molecule has 0 fully saturated rings. The maximum atomic E-state index is 5.31. The van der Waals surface area contributed by atoms with E-state index in [0.717, 1.165) is 32.8 Å². The molecule has 1 atom stereocenters. The second-order valence-electron chi connectivity index (χ2n) is 4.77. The highest BCUT2D eigenvalue weighted by Gasteiger charge is 2.07. The van der Waals surface area contributed by atoms with Crippen molar-refractivity contribution >= 4 is 11.8 Å². The van der Waals surface area contributed by atoms with Crippen molar-refractivity contribution in [3.8, 4) is 0 Å². The van der Waals surface area contributed by atoms with Crippen LogP contribution in [0, 0.1) is 0 Å². The van der Waals surface area contributed by atoms with Crippen molar-refractivity contribution in [1.82, 2.24) is 10.2 Å². The smallest absolute Gasteiger partial charge is 0.0466 e. The largest absolute Gasteiger partial charge is 0.382 e. The van der Waals surface area contributed by atoms with Crippen LogP contribution < -0.4 is 5.32 Å². The highest BCUT2D eigenvalue weighted by atomic mass is 32.2. The topological polar surface area (TPSA) is 24.5 Å². The van der Waals surface area contributed by atoms with E-state index in [-0.39, 0.29) is 0 Å². The molecule has 0 spiro atoms. The van der Waals surface area contributed by atoms with Crippen molar-refractivity contribution in [2.75, 3.05) is 51.9 Å². The molecule has 0 aromatic rings. The normalized spacial score (nSPS) is 13.2. The zero-order chi connectivity index (χ0) is 13.6. The number of hydrogen-bond acceptors (Lipinski definition) is 4. The lowest BCUT2D eigenvalue weighted by Crippen LogP contribution is -2.36. The van der Waals surface area contributed by atoms with Crippen LogP contribution in [0.4, 0.5) is 0 Å². The van der Waals surface area contributed by atoms with E-state index in [1.165, 1.54) is 25.0 Å². The first kappa shape index (κ1) is 18.2. The quantitative estimate of drug-likeness (QED) is 0.522. The summed E-state index contributed by atoms with van der Waals surface area (Å²) in [6, 6.07) is 0.692. The van der Waals surface area contributed by atoms with E-state index < -0.39 is 0 Å². The van der Waals surface area contributed by atoms with Crippen LogP contribution in [0.3, 0.4) is 0 Å². The molecule has 0 saturated carbocycles. The molecule has 0 aromatic heterocycles. The van der Waals surface area contributed by atoms with E-state index in [9.17, 15) is 0 Å². The minimum absolute atomic E-state index is 0.692. The van der Waals surface area contributed by atoms with Crippen molar-refractivity contribution in [2.45, 2.75) is 39.2 Å². The number of rotatable bonds is 13. The molecule has 0 rings (SSSR count). The number of nitrogens with zero attached hydrogens (tertiary/aromatic N) is 1. The average Bonchev–Trinajstić information content (AvgIpc) is 2.38. The Bertz CT molecular complexity index is 170. The molecule has 1 N–H and O–H groups in total. The predicted molar refractivity (Wildman–Crippen MR) is 83.7 cm³/mol. The van der Waals surface area contributed by atoms with Crippen molar-refractivity contribution in [3.63, 3.8) is 0 Å². The van der Waals surface area contributed by atoms with E-state index in [2.05, 4.69) is 30.4 Å². The molecule has 0 heterocycles. The van der Waals surface area contributed by atoms with Crippen LogP contribution in [0.1, 0.15) is 33.1 Å². The van der Waals surface area contributed by atoms with Gasteiger partial charge in [0.05, 0.1) is 0 Å². The molecule has 0 saturated heterocycles. The summed E-state index contributed by atoms with van der Waals surface area (Å²) in [4.78, 5) is 2.45. The van der Waals surface area contributed by atoms with Gasteiger partial charge in [-0.2, -0.15) is 11.8 Å². The first-order chi connectivity index (χ1) is 8.72. The average molecular weight is 276 g/mol. The van der Waals surface area contributed by atoms with Gasteiger partial charge in [-0.3, -0.25) is 0 Å². The summed E-state index contributed by atoms with van der Waals surface area (Å²) in [6.07, 6.45) is 5.84. The van der Waals surface area contributed by atoms with Gasteiger partial charge in [-0.1, -0.05) is 0 Å². The third-order valence-electron chi connectivity index (χ3n) is 3.23. The zero-order valence-corrected chi connectivity index (χ0v) is 13.5. The first-order valence-corrected chi connectivity index (χ1v) is 8.59. The van der Waals surface area contributed by atoms with Crippen LogP contribution in [0.2, 0.25) is 0 Å². The van der Waals surface area contributed by atoms with Crippen LogP contribution in [-0.2, 0) is 4.74 Å². The van der Waals surface area contributed by atoms with E-state index in [1.807, 2.05) is 18.7 Å². The van der Waals surface area contributed by atoms with Gasteiger partial charge in [0, 0.05) is 32.3 Å². The summed E-state index contributed by atoms with van der Waals surface area (Å²) in [5.41, 5.74) is 0. The molecule has 0 radical (unpaired) electrons. The van der Waals surface area contributed by atoms with E-state index >= 15 is 0 Å². The predicted octanol–water partition coefficient (Wildman–Crippen LogP) is 2.47. The first-order valence-electron chi connectivity index (χ1n) is 7.20. The Morgan fingerprint density at radius 1 is 1.28 bits per heavy atom. The van der Waals surface area contributed by atoms with Crippen LogP contribution >= 0.6 is 11.8 Å². The van der Waals surface area contributed by atoms with Gasteiger partial charge >= 0.3 is 0 Å². The molecule has 18 heavy (non-hydrogen) atoms. The van der Waals surface area contributed by atoms with Gasteiger partial charge in [-0.05, 0) is 58.7 Å². The fourth-order valence-corrected chi connectivity index (χ4v) is 2.28. The van der Waals surface area contributed by atoms with Crippen LogP contribution in [0.25, 0.3) is 0 Å². The lowest BCUT2D eigenvalue weighted by molar-refractivity contribution is 0.143. The fraction of sp³-hybridized carbons (Fsp3) is 1.00. The van der Waals surface area contributed by atoms with E-state index in [0.29, 0.717) is 6.04 Å². The highest BCUT2D eigenvalue weighted by Crippen LogP contribution is 2.05. The Balaban J connectivity index is 3.26. The minimum Gasteiger partial charge on any atom is -0.382 e. The minimum atomic E-state index is 0.692. The monoisotopic (exact) mass is 276 g/mol. The molecule has 3 nitrogen and oxygen atoms in total. The maximum Gasteiger partial charge on any atom is 0.0466 e. The molecule has 0 aliphatic rings. The SMILES string of the molecule is CCOCCCCNCCN(C)C(C)CCSC. The summed E-state index contributed by atoms with van der Waals surface area (Å²) in [5.74, 6) is 1.26. The number of unbranched alkanes of at least 4 members (excludes halogenated alkanes) is 1. The van der Waals surface area contributed by atoms with Gasteiger partial charge < -0.3 is 15.0 Å². The Hall–Kier alpha value is 0.230. The van der Waals surface area contributed by atoms with Gasteiger partial charge in [-0.15, -0.1) is 0 Å². The number of nitrogens with one attached hydrogen (secondary N) is 1. The lowest BCUT2D eigenvalue weighted by atomic mass is 10.2. The van der Waals surface area contributed by atoms with Crippen LogP contribution in [-0.4, -0.2) is 62.8 Å². The molecule has 0 aliphatic heterocycles. The summed E-state index contributed by atoms with van der Waals surface area (Å²) in [6.45, 7) is 9.45. The van der Waals surface area contributed by atoms with Crippen molar-refractivity contribution in [2.24, 2.45) is 0 Å². The number of thioether (sulfide) groups is 1. The Kier molecular flexibility index (Phi) is 13.8. The van der Waals surface area contributed by atoms with Gasteiger partial charge in [0.25, 0.3) is 0 Å². The second-order valence-corrected chi connectivity index (χ2v) is 5.75. The van der Waals surface area contributed by atoms with Crippen molar-refractivity contribution in [3.05, 3.63) is 0 Å². The molecule has 0 amide bonds. The lowest BCUT2D eigenvalue weighted by Gasteiger charge is -2.24. The van der Waals surface area contributed by atoms with E-state index in [4.69, 9.17) is 4.74 Å². The number of likely N-dealkylation sites (N-methyl/N-ethyl adjacent to an activating group) is 1. The van der Waals surface area contributed by atoms with Gasteiger partial charge in [-0.25, -0.2) is 0 Å². The Morgan fingerprint density at radius 2 is 2.06 bits per heavy atom. The maximum absolute atomic E-state index is 5.31. The Labute approximate surface area is 118 Å². The molecule has 1 unspecified atom stereocenters. The van der Waals surface area contributed by atoms with Crippen LogP contribution in [0.15, 0.2) is 0 Å². The number of ether oxygens (including phenoxy) is 1. The molecular weight excluding hydrogens is 244 g/mol. The standard InChI is InChI=1S/C14H32N2OS/c1-5-17-12-7-6-9-15-10-11-16(3)14(2)8-13-18-4/h14-15H,5-13H2,1-4H3. The van der Waals surface area contributed by atoms with Crippen molar-refractivity contribution < 1.29 is 4.74 Å².